The Morgan fingerprint density at radius 2 is 1.95 bits per heavy atom. The van der Waals surface area contributed by atoms with Gasteiger partial charge in [-0.3, -0.25) is 9.59 Å². The zero-order chi connectivity index (χ0) is 26.9. The normalized spacial score (nSPS) is 33.8. The highest BCUT2D eigenvalue weighted by Crippen LogP contribution is 2.65. The number of rotatable bonds is 6. The van der Waals surface area contributed by atoms with Crippen molar-refractivity contribution < 1.29 is 29.1 Å². The number of carbonyl (C=O) groups is 2. The first kappa shape index (κ1) is 24.7. The second-order valence-electron chi connectivity index (χ2n) is 12.3. The van der Waals surface area contributed by atoms with E-state index in [2.05, 4.69) is 0 Å². The standard InChI is InChI=1S/C32H36N2O5/c1-20(35)39-32-15-14-24(33(2)27(37)13-10-21-6-4-3-5-7-21)30-31(32)16-17-34(19-22-8-9-22)26(32)18-23-11-12-25(36)29(38-30)28(23)31/h3-7,10-13,22,24,26,30,36H,8-9,14-19H2,1-2H3/p+1. The summed E-state index contributed by atoms with van der Waals surface area (Å²) in [6, 6.07) is 13.5. The Labute approximate surface area is 229 Å². The number of carbonyl (C=O) groups excluding carboxylic acids is 2. The maximum absolute atomic E-state index is 13.5. The van der Waals surface area contributed by atoms with Crippen LogP contribution in [0.3, 0.4) is 0 Å². The van der Waals surface area contributed by atoms with Crippen molar-refractivity contribution in [2.45, 2.75) is 74.7 Å². The van der Waals surface area contributed by atoms with Crippen LogP contribution in [0.25, 0.3) is 6.08 Å². The lowest BCUT2D eigenvalue weighted by molar-refractivity contribution is -0.943. The van der Waals surface area contributed by atoms with Crippen LogP contribution in [0.5, 0.6) is 11.5 Å². The van der Waals surface area contributed by atoms with E-state index in [1.165, 1.54) is 30.2 Å². The first-order valence-electron chi connectivity index (χ1n) is 14.4. The number of amides is 1. The molecule has 7 heteroatoms. The molecule has 2 N–H and O–H groups in total. The summed E-state index contributed by atoms with van der Waals surface area (Å²) in [6.45, 7) is 3.60. The van der Waals surface area contributed by atoms with Gasteiger partial charge in [0, 0.05) is 44.4 Å². The molecule has 1 amide bonds. The fourth-order valence-corrected chi connectivity index (χ4v) is 8.53. The van der Waals surface area contributed by atoms with Gasteiger partial charge in [-0.25, -0.2) is 0 Å². The molecule has 3 fully saturated rings. The lowest BCUT2D eigenvalue weighted by Crippen LogP contribution is -3.21. The van der Waals surface area contributed by atoms with Crippen LogP contribution in [-0.2, 0) is 26.2 Å². The summed E-state index contributed by atoms with van der Waals surface area (Å²) in [7, 11) is 1.85. The molecule has 2 bridgehead atoms. The topological polar surface area (TPSA) is 80.5 Å². The third-order valence-electron chi connectivity index (χ3n) is 10.3. The van der Waals surface area contributed by atoms with E-state index in [-0.39, 0.29) is 29.7 Å². The molecule has 2 aromatic rings. The van der Waals surface area contributed by atoms with E-state index in [0.29, 0.717) is 18.6 Å². The molecule has 1 saturated heterocycles. The van der Waals surface area contributed by atoms with Crippen molar-refractivity contribution in [2.75, 3.05) is 20.1 Å². The second-order valence-corrected chi connectivity index (χ2v) is 12.3. The SMILES string of the molecule is CC(=O)OC12CCC(N(C)C(=O)C=Cc3ccccc3)C3Oc4c(O)ccc5c4C31CC[NH+](CC1CC1)C2C5. The average Bonchev–Trinajstić information content (AvgIpc) is 3.67. The summed E-state index contributed by atoms with van der Waals surface area (Å²) in [4.78, 5) is 29.6. The van der Waals surface area contributed by atoms with Crippen LogP contribution in [-0.4, -0.2) is 65.8 Å². The summed E-state index contributed by atoms with van der Waals surface area (Å²) in [5.41, 5.74) is 1.85. The fraction of sp³-hybridized carbons (Fsp3) is 0.500. The molecule has 2 aliphatic heterocycles. The third kappa shape index (κ3) is 3.58. The molecule has 7 nitrogen and oxygen atoms in total. The van der Waals surface area contributed by atoms with Gasteiger partial charge in [-0.1, -0.05) is 36.4 Å². The van der Waals surface area contributed by atoms with E-state index in [0.717, 1.165) is 43.0 Å². The highest BCUT2D eigenvalue weighted by atomic mass is 16.6. The molecule has 39 heavy (non-hydrogen) atoms. The van der Waals surface area contributed by atoms with Crippen LogP contribution >= 0.6 is 0 Å². The molecule has 0 aromatic heterocycles. The predicted molar refractivity (Wildman–Crippen MR) is 145 cm³/mol. The predicted octanol–water partition coefficient (Wildman–Crippen LogP) is 2.65. The second kappa shape index (κ2) is 8.85. The molecule has 204 valence electrons. The van der Waals surface area contributed by atoms with E-state index in [9.17, 15) is 14.7 Å². The molecule has 6 unspecified atom stereocenters. The van der Waals surface area contributed by atoms with Crippen LogP contribution < -0.4 is 9.64 Å². The number of hydrogen-bond acceptors (Lipinski definition) is 5. The molecular weight excluding hydrogens is 492 g/mol. The van der Waals surface area contributed by atoms with E-state index >= 15 is 0 Å². The number of phenolic OH excluding ortho intramolecular Hbond substituents is 1. The van der Waals surface area contributed by atoms with Gasteiger partial charge in [0.2, 0.25) is 5.91 Å². The first-order chi connectivity index (χ1) is 18.8. The molecule has 0 radical (unpaired) electrons. The lowest BCUT2D eigenvalue weighted by Gasteiger charge is -2.63. The molecule has 2 saturated carbocycles. The van der Waals surface area contributed by atoms with Gasteiger partial charge in [-0.05, 0) is 49.0 Å². The first-order valence-corrected chi connectivity index (χ1v) is 14.4. The largest absolute Gasteiger partial charge is 0.504 e. The summed E-state index contributed by atoms with van der Waals surface area (Å²) < 4.78 is 13.3. The smallest absolute Gasteiger partial charge is 0.303 e. The molecule has 2 aromatic carbocycles. The highest BCUT2D eigenvalue weighted by molar-refractivity contribution is 5.92. The Bertz CT molecular complexity index is 1350. The number of benzene rings is 2. The molecule has 6 atom stereocenters. The zero-order valence-corrected chi connectivity index (χ0v) is 22.7. The number of quaternary nitrogens is 1. The van der Waals surface area contributed by atoms with Gasteiger partial charge >= 0.3 is 5.97 Å². The van der Waals surface area contributed by atoms with Crippen molar-refractivity contribution >= 4 is 18.0 Å². The van der Waals surface area contributed by atoms with Crippen LogP contribution in [0.1, 0.15) is 55.7 Å². The maximum atomic E-state index is 13.5. The van der Waals surface area contributed by atoms with E-state index in [1.807, 2.05) is 49.5 Å². The summed E-state index contributed by atoms with van der Waals surface area (Å²) >= 11 is 0. The minimum absolute atomic E-state index is 0.0894. The Morgan fingerprint density at radius 3 is 2.69 bits per heavy atom. The Hall–Kier alpha value is -3.32. The molecule has 3 aliphatic carbocycles. The van der Waals surface area contributed by atoms with E-state index in [1.54, 1.807) is 17.0 Å². The summed E-state index contributed by atoms with van der Waals surface area (Å²) in [5, 5.41) is 11.0. The van der Waals surface area contributed by atoms with Gasteiger partial charge in [0.05, 0.1) is 24.5 Å². The molecule has 7 rings (SSSR count). The number of piperidine rings is 1. The summed E-state index contributed by atoms with van der Waals surface area (Å²) in [6.07, 6.45) is 8.56. The van der Waals surface area contributed by atoms with Gasteiger partial charge in [0.25, 0.3) is 0 Å². The van der Waals surface area contributed by atoms with Gasteiger partial charge in [0.1, 0.15) is 12.1 Å². The number of nitrogens with zero attached hydrogens (tertiary/aromatic N) is 1. The Balaban J connectivity index is 1.31. The van der Waals surface area contributed by atoms with Crippen molar-refractivity contribution in [1.82, 2.24) is 4.90 Å². The van der Waals surface area contributed by atoms with Crippen molar-refractivity contribution in [2.24, 2.45) is 5.92 Å². The van der Waals surface area contributed by atoms with Crippen LogP contribution in [0.2, 0.25) is 0 Å². The monoisotopic (exact) mass is 529 g/mol. The number of nitrogens with one attached hydrogen (secondary N) is 1. The minimum Gasteiger partial charge on any atom is -0.504 e. The Morgan fingerprint density at radius 1 is 1.15 bits per heavy atom. The van der Waals surface area contributed by atoms with Crippen LogP contribution in [0.15, 0.2) is 48.5 Å². The van der Waals surface area contributed by atoms with Gasteiger partial charge < -0.3 is 24.4 Å². The number of ether oxygens (including phenoxy) is 2. The maximum Gasteiger partial charge on any atom is 0.303 e. The van der Waals surface area contributed by atoms with Gasteiger partial charge in [-0.15, -0.1) is 0 Å². The number of likely N-dealkylation sites (N-methyl/N-ethyl adjacent to an activating group) is 1. The van der Waals surface area contributed by atoms with Crippen molar-refractivity contribution in [1.29, 1.82) is 0 Å². The molecule has 5 aliphatic rings. The van der Waals surface area contributed by atoms with Crippen molar-refractivity contribution in [3.8, 4) is 11.5 Å². The molecule has 1 spiro atoms. The number of likely N-dealkylation sites (tertiary alicyclic amines) is 1. The lowest BCUT2D eigenvalue weighted by atomic mass is 9.48. The highest BCUT2D eigenvalue weighted by Gasteiger charge is 2.77. The molecule has 2 heterocycles. The van der Waals surface area contributed by atoms with Crippen LogP contribution in [0.4, 0.5) is 0 Å². The number of aromatic hydroxyl groups is 1. The van der Waals surface area contributed by atoms with Gasteiger partial charge in [0.15, 0.2) is 17.1 Å². The number of esters is 1. The van der Waals surface area contributed by atoms with E-state index < -0.39 is 17.1 Å². The van der Waals surface area contributed by atoms with Gasteiger partial charge in [-0.2, -0.15) is 0 Å². The zero-order valence-electron chi connectivity index (χ0n) is 22.7. The van der Waals surface area contributed by atoms with E-state index in [4.69, 9.17) is 9.47 Å². The van der Waals surface area contributed by atoms with Crippen molar-refractivity contribution in [3.05, 3.63) is 65.2 Å². The summed E-state index contributed by atoms with van der Waals surface area (Å²) in [5.74, 6) is 1.04. The average molecular weight is 530 g/mol. The van der Waals surface area contributed by atoms with Crippen molar-refractivity contribution in [3.63, 3.8) is 0 Å². The Kier molecular flexibility index (Phi) is 5.60. The molecular formula is C32H37N2O5+. The minimum atomic E-state index is -0.724. The van der Waals surface area contributed by atoms with Crippen LogP contribution in [0, 0.1) is 5.92 Å². The number of phenols is 1. The number of hydrogen-bond donors (Lipinski definition) is 2. The quantitative estimate of drug-likeness (QED) is 0.444. The fourth-order valence-electron chi connectivity index (χ4n) is 8.53. The third-order valence-corrected chi connectivity index (χ3v) is 10.3.